The number of rotatable bonds is 8. The Kier molecular flexibility index (Phi) is 8.80. The number of fused-ring (bicyclic) bond motifs is 1. The average molecular weight is 551 g/mol. The van der Waals surface area contributed by atoms with Gasteiger partial charge in [-0.2, -0.15) is 0 Å². The zero-order chi connectivity index (χ0) is 26.5. The Morgan fingerprint density at radius 2 is 1.95 bits per heavy atom. The van der Waals surface area contributed by atoms with Crippen LogP contribution < -0.4 is 10.1 Å². The van der Waals surface area contributed by atoms with E-state index in [-0.39, 0.29) is 17.4 Å². The number of thiophene rings is 1. The molecule has 0 spiro atoms. The van der Waals surface area contributed by atoms with E-state index in [1.54, 1.807) is 18.5 Å². The van der Waals surface area contributed by atoms with Crippen LogP contribution in [0.3, 0.4) is 0 Å². The Morgan fingerprint density at radius 3 is 2.68 bits per heavy atom. The van der Waals surface area contributed by atoms with E-state index in [0.29, 0.717) is 21.5 Å². The van der Waals surface area contributed by atoms with Gasteiger partial charge >= 0.3 is 5.97 Å². The highest BCUT2D eigenvalue weighted by molar-refractivity contribution is 7.99. The van der Waals surface area contributed by atoms with Crippen molar-refractivity contribution in [1.82, 2.24) is 14.8 Å². The van der Waals surface area contributed by atoms with E-state index in [4.69, 9.17) is 9.47 Å². The number of hydrogen-bond acceptors (Lipinski definition) is 8. The van der Waals surface area contributed by atoms with Crippen LogP contribution in [0.1, 0.15) is 65.3 Å². The number of nitrogens with one attached hydrogen (secondary N) is 1. The molecule has 0 saturated heterocycles. The molecule has 8 nitrogen and oxygen atoms in total. The van der Waals surface area contributed by atoms with Crippen LogP contribution in [0.5, 0.6) is 5.75 Å². The summed E-state index contributed by atoms with van der Waals surface area (Å²) < 4.78 is 39.4. The summed E-state index contributed by atoms with van der Waals surface area (Å²) in [6.07, 6.45) is 5.35. The van der Waals surface area contributed by atoms with E-state index in [2.05, 4.69) is 15.5 Å². The molecule has 12 heteroatoms. The maximum atomic E-state index is 14.0. The van der Waals surface area contributed by atoms with Gasteiger partial charge < -0.3 is 19.4 Å². The lowest BCUT2D eigenvalue weighted by molar-refractivity contribution is -0.113. The van der Waals surface area contributed by atoms with Gasteiger partial charge in [-0.1, -0.05) is 24.6 Å². The maximum Gasteiger partial charge on any atom is 0.341 e. The summed E-state index contributed by atoms with van der Waals surface area (Å²) in [5.74, 6) is -1.88. The van der Waals surface area contributed by atoms with Crippen LogP contribution in [0.4, 0.5) is 13.8 Å². The van der Waals surface area contributed by atoms with Gasteiger partial charge in [-0.3, -0.25) is 4.79 Å². The number of aryl methyl sites for hydroxylation is 1. The molecule has 37 heavy (non-hydrogen) atoms. The topological polar surface area (TPSA) is 95.3 Å². The molecule has 1 aromatic carbocycles. The molecule has 3 aromatic rings. The summed E-state index contributed by atoms with van der Waals surface area (Å²) in [5.41, 5.74) is 1.45. The Morgan fingerprint density at radius 1 is 1.19 bits per heavy atom. The van der Waals surface area contributed by atoms with Gasteiger partial charge in [-0.05, 0) is 50.3 Å². The lowest BCUT2D eigenvalue weighted by atomic mass is 9.96. The molecule has 2 aromatic heterocycles. The number of carbonyl (C=O) groups is 2. The smallest absolute Gasteiger partial charge is 0.341 e. The zero-order valence-corrected chi connectivity index (χ0v) is 22.4. The van der Waals surface area contributed by atoms with Crippen LogP contribution in [0, 0.1) is 11.6 Å². The van der Waals surface area contributed by atoms with E-state index in [1.165, 1.54) is 36.3 Å². The first-order valence-electron chi connectivity index (χ1n) is 11.9. The molecular formula is C25H28F2N4O4S2. The van der Waals surface area contributed by atoms with Crippen molar-refractivity contribution in [3.63, 3.8) is 0 Å². The summed E-state index contributed by atoms with van der Waals surface area (Å²) in [4.78, 5) is 26.5. The normalized spacial score (nSPS) is 14.3. The van der Waals surface area contributed by atoms with Crippen LogP contribution in [-0.4, -0.2) is 39.5 Å². The minimum atomic E-state index is -0.812. The van der Waals surface area contributed by atoms with Crippen molar-refractivity contribution in [2.24, 2.45) is 7.05 Å². The number of ether oxygens (including phenoxy) is 2. The molecule has 198 valence electrons. The van der Waals surface area contributed by atoms with Crippen LogP contribution in [0.15, 0.2) is 23.4 Å². The predicted molar refractivity (Wildman–Crippen MR) is 137 cm³/mol. The maximum absolute atomic E-state index is 14.0. The lowest BCUT2D eigenvalue weighted by Gasteiger charge is -2.14. The van der Waals surface area contributed by atoms with Gasteiger partial charge in [0.05, 0.1) is 18.4 Å². The van der Waals surface area contributed by atoms with E-state index in [0.717, 1.165) is 61.1 Å². The summed E-state index contributed by atoms with van der Waals surface area (Å²) in [6, 6.07) is 3.07. The number of thioether (sulfide) groups is 1. The molecule has 1 aliphatic carbocycles. The van der Waals surface area contributed by atoms with Crippen LogP contribution in [-0.2, 0) is 29.4 Å². The molecular weight excluding hydrogens is 522 g/mol. The monoisotopic (exact) mass is 550 g/mol. The second-order valence-corrected chi connectivity index (χ2v) is 10.7. The van der Waals surface area contributed by atoms with Gasteiger partial charge in [0.15, 0.2) is 28.7 Å². The molecule has 0 saturated carbocycles. The van der Waals surface area contributed by atoms with Gasteiger partial charge in [0, 0.05) is 18.0 Å². The number of benzene rings is 1. The fourth-order valence-corrected chi connectivity index (χ4v) is 6.25. The van der Waals surface area contributed by atoms with E-state index < -0.39 is 23.7 Å². The standard InChI is InChI=1S/C25H28F2N4O4S2/c1-14(35-18-11-10-15(26)12-17(18)27)22-29-30-25(31(22)2)36-13-20(32)28-23-21(24(33)34-3)16-8-6-4-5-7-9-19(16)37-23/h10-12,14H,4-9,13H2,1-3H3,(H,28,32). The fourth-order valence-electron chi connectivity index (χ4n) is 4.24. The molecule has 1 N–H and O–H groups in total. The van der Waals surface area contributed by atoms with Crippen LogP contribution >= 0.6 is 23.1 Å². The molecule has 0 radical (unpaired) electrons. The van der Waals surface area contributed by atoms with Crippen molar-refractivity contribution in [2.45, 2.75) is 56.7 Å². The minimum Gasteiger partial charge on any atom is -0.480 e. The third-order valence-electron chi connectivity index (χ3n) is 6.08. The number of amides is 1. The number of anilines is 1. The predicted octanol–water partition coefficient (Wildman–Crippen LogP) is 5.47. The molecule has 0 fully saturated rings. The van der Waals surface area contributed by atoms with Crippen molar-refractivity contribution in [1.29, 1.82) is 0 Å². The first kappa shape index (κ1) is 27.1. The van der Waals surface area contributed by atoms with E-state index in [9.17, 15) is 18.4 Å². The van der Waals surface area contributed by atoms with Gasteiger partial charge in [0.1, 0.15) is 10.8 Å². The summed E-state index contributed by atoms with van der Waals surface area (Å²) >= 11 is 2.62. The van der Waals surface area contributed by atoms with Crippen molar-refractivity contribution < 1.29 is 27.8 Å². The van der Waals surface area contributed by atoms with Crippen molar-refractivity contribution in [3.8, 4) is 5.75 Å². The second-order valence-electron chi connectivity index (χ2n) is 8.69. The first-order valence-corrected chi connectivity index (χ1v) is 13.7. The molecule has 4 rings (SSSR count). The molecule has 1 atom stereocenters. The number of hydrogen-bond donors (Lipinski definition) is 1. The minimum absolute atomic E-state index is 0.0387. The van der Waals surface area contributed by atoms with Gasteiger partial charge in [-0.25, -0.2) is 13.6 Å². The van der Waals surface area contributed by atoms with Crippen molar-refractivity contribution >= 4 is 40.0 Å². The van der Waals surface area contributed by atoms with Crippen molar-refractivity contribution in [3.05, 3.63) is 51.7 Å². The number of methoxy groups -OCH3 is 1. The molecule has 1 unspecified atom stereocenters. The third kappa shape index (κ3) is 6.30. The number of halogens is 2. The molecule has 0 bridgehead atoms. The molecule has 0 aliphatic heterocycles. The largest absolute Gasteiger partial charge is 0.480 e. The first-order chi connectivity index (χ1) is 17.8. The van der Waals surface area contributed by atoms with Crippen LogP contribution in [0.25, 0.3) is 0 Å². The molecule has 2 heterocycles. The van der Waals surface area contributed by atoms with Gasteiger partial charge in [0.2, 0.25) is 5.91 Å². The lowest BCUT2D eigenvalue weighted by Crippen LogP contribution is -2.17. The highest BCUT2D eigenvalue weighted by atomic mass is 32.2. The number of nitrogens with zero attached hydrogens (tertiary/aromatic N) is 3. The Balaban J connectivity index is 1.42. The highest BCUT2D eigenvalue weighted by Crippen LogP contribution is 2.37. The molecule has 1 aliphatic rings. The summed E-state index contributed by atoms with van der Waals surface area (Å²) in [6.45, 7) is 1.67. The number of carbonyl (C=O) groups excluding carboxylic acids is 2. The SMILES string of the molecule is COC(=O)c1c(NC(=O)CSc2nnc(C(C)Oc3ccc(F)cc3F)n2C)sc2c1CCCCCC2. The number of aromatic nitrogens is 3. The highest BCUT2D eigenvalue weighted by Gasteiger charge is 2.26. The Bertz CT molecular complexity index is 1290. The number of esters is 1. The third-order valence-corrected chi connectivity index (χ3v) is 8.30. The summed E-state index contributed by atoms with van der Waals surface area (Å²) in [7, 11) is 3.06. The molecule has 1 amide bonds. The zero-order valence-electron chi connectivity index (χ0n) is 20.8. The van der Waals surface area contributed by atoms with E-state index in [1.807, 2.05) is 0 Å². The quantitative estimate of drug-likeness (QED) is 0.294. The van der Waals surface area contributed by atoms with Crippen molar-refractivity contribution in [2.75, 3.05) is 18.2 Å². The average Bonchev–Trinajstić information content (AvgIpc) is 3.38. The van der Waals surface area contributed by atoms with Gasteiger partial charge in [-0.15, -0.1) is 21.5 Å². The fraction of sp³-hybridized carbons (Fsp3) is 0.440. The van der Waals surface area contributed by atoms with E-state index >= 15 is 0 Å². The summed E-state index contributed by atoms with van der Waals surface area (Å²) in [5, 5.41) is 12.1. The Hall–Kier alpha value is -2.99. The second kappa shape index (κ2) is 12.0. The Labute approximate surface area is 221 Å². The van der Waals surface area contributed by atoms with Crippen LogP contribution in [0.2, 0.25) is 0 Å². The van der Waals surface area contributed by atoms with Gasteiger partial charge in [0.25, 0.3) is 0 Å².